The van der Waals surface area contributed by atoms with Gasteiger partial charge in [0.1, 0.15) is 12.1 Å². The van der Waals surface area contributed by atoms with Crippen molar-refractivity contribution in [1.29, 1.82) is 0 Å². The number of hydrogen-bond donors (Lipinski definition) is 0. The fourth-order valence-electron chi connectivity index (χ4n) is 3.62. The second-order valence-electron chi connectivity index (χ2n) is 7.80. The normalized spacial score (nSPS) is 14.6. The second kappa shape index (κ2) is 7.62. The summed E-state index contributed by atoms with van der Waals surface area (Å²) in [7, 11) is 0. The summed E-state index contributed by atoms with van der Waals surface area (Å²) in [4.78, 5) is 26.4. The molecule has 146 valence electrons. The van der Waals surface area contributed by atoms with Gasteiger partial charge in [0.15, 0.2) is 0 Å². The van der Waals surface area contributed by atoms with E-state index in [0.717, 1.165) is 23.0 Å². The number of carbonyl (C=O) groups is 2. The van der Waals surface area contributed by atoms with Crippen LogP contribution in [0.2, 0.25) is 0 Å². The van der Waals surface area contributed by atoms with Gasteiger partial charge in [-0.15, -0.1) is 0 Å². The van der Waals surface area contributed by atoms with Gasteiger partial charge in [0.05, 0.1) is 6.61 Å². The van der Waals surface area contributed by atoms with Crippen LogP contribution < -0.4 is 0 Å². The third-order valence-electron chi connectivity index (χ3n) is 4.69. The first-order chi connectivity index (χ1) is 12.8. The third-order valence-corrected chi connectivity index (χ3v) is 4.69. The number of esters is 1. The van der Waals surface area contributed by atoms with Gasteiger partial charge in [-0.3, -0.25) is 4.79 Å². The van der Waals surface area contributed by atoms with Crippen molar-refractivity contribution in [3.05, 3.63) is 35.5 Å². The SMILES string of the molecule is CCOC(=O)Cn1c2c(c3ccccc31)CCN(C(=O)OC(C)(C)C)CC2. The van der Waals surface area contributed by atoms with Gasteiger partial charge in [-0.2, -0.15) is 0 Å². The maximum atomic E-state index is 12.5. The summed E-state index contributed by atoms with van der Waals surface area (Å²) in [6, 6.07) is 8.11. The number of hydrogen-bond acceptors (Lipinski definition) is 4. The molecule has 0 atom stereocenters. The molecule has 2 aromatic rings. The molecule has 1 aliphatic heterocycles. The molecule has 2 heterocycles. The molecule has 0 saturated heterocycles. The van der Waals surface area contributed by atoms with Gasteiger partial charge < -0.3 is 18.9 Å². The first-order valence-electron chi connectivity index (χ1n) is 9.52. The molecule has 1 aliphatic rings. The highest BCUT2D eigenvalue weighted by atomic mass is 16.6. The van der Waals surface area contributed by atoms with E-state index in [2.05, 4.69) is 6.07 Å². The Labute approximate surface area is 160 Å². The summed E-state index contributed by atoms with van der Waals surface area (Å²) >= 11 is 0. The molecule has 0 bridgehead atoms. The van der Waals surface area contributed by atoms with Crippen LogP contribution in [0, 0.1) is 0 Å². The zero-order valence-electron chi connectivity index (χ0n) is 16.6. The molecular formula is C21H28N2O4. The highest BCUT2D eigenvalue weighted by Gasteiger charge is 2.27. The van der Waals surface area contributed by atoms with E-state index >= 15 is 0 Å². The molecule has 1 aromatic heterocycles. The fourth-order valence-corrected chi connectivity index (χ4v) is 3.62. The Bertz CT molecular complexity index is 848. The number of ether oxygens (including phenoxy) is 2. The Morgan fingerprint density at radius 1 is 1.11 bits per heavy atom. The van der Waals surface area contributed by atoms with Gasteiger partial charge in [-0.25, -0.2) is 4.79 Å². The average Bonchev–Trinajstić information content (AvgIpc) is 2.74. The van der Waals surface area contributed by atoms with Crippen LogP contribution >= 0.6 is 0 Å². The Morgan fingerprint density at radius 3 is 2.52 bits per heavy atom. The molecule has 0 N–H and O–H groups in total. The van der Waals surface area contributed by atoms with Gasteiger partial charge in [0, 0.05) is 36.1 Å². The molecule has 3 rings (SSSR count). The maximum Gasteiger partial charge on any atom is 0.410 e. The van der Waals surface area contributed by atoms with E-state index in [9.17, 15) is 9.59 Å². The van der Waals surface area contributed by atoms with Gasteiger partial charge in [-0.1, -0.05) is 18.2 Å². The molecule has 0 unspecified atom stereocenters. The van der Waals surface area contributed by atoms with Crippen LogP contribution in [0.1, 0.15) is 39.0 Å². The first-order valence-corrected chi connectivity index (χ1v) is 9.52. The summed E-state index contributed by atoms with van der Waals surface area (Å²) in [6.07, 6.45) is 1.14. The Hall–Kier alpha value is -2.50. The van der Waals surface area contributed by atoms with Crippen LogP contribution in [-0.2, 0) is 33.7 Å². The Kier molecular flexibility index (Phi) is 5.44. The molecular weight excluding hydrogens is 344 g/mol. The number of para-hydroxylation sites is 1. The van der Waals surface area contributed by atoms with Crippen molar-refractivity contribution in [2.75, 3.05) is 19.7 Å². The van der Waals surface area contributed by atoms with Crippen LogP contribution in [-0.4, -0.2) is 46.8 Å². The zero-order valence-corrected chi connectivity index (χ0v) is 16.6. The maximum absolute atomic E-state index is 12.5. The summed E-state index contributed by atoms with van der Waals surface area (Å²) in [6.45, 7) is 9.17. The lowest BCUT2D eigenvalue weighted by molar-refractivity contribution is -0.143. The smallest absolute Gasteiger partial charge is 0.410 e. The van der Waals surface area contributed by atoms with Crippen molar-refractivity contribution in [2.24, 2.45) is 0 Å². The molecule has 0 spiro atoms. The largest absolute Gasteiger partial charge is 0.465 e. The molecule has 6 heteroatoms. The molecule has 1 amide bonds. The standard InChI is InChI=1S/C21H28N2O4/c1-5-26-19(24)14-23-17-9-7-6-8-15(17)16-10-12-22(13-11-18(16)23)20(25)27-21(2,3)4/h6-9H,5,10-14H2,1-4H3. The first kappa shape index (κ1) is 19.3. The molecule has 0 radical (unpaired) electrons. The minimum atomic E-state index is -0.512. The van der Waals surface area contributed by atoms with Gasteiger partial charge in [0.25, 0.3) is 0 Å². The number of carbonyl (C=O) groups excluding carboxylic acids is 2. The van der Waals surface area contributed by atoms with E-state index in [0.29, 0.717) is 26.1 Å². The van der Waals surface area contributed by atoms with Crippen molar-refractivity contribution >= 4 is 23.0 Å². The Balaban J connectivity index is 1.89. The highest BCUT2D eigenvalue weighted by Crippen LogP contribution is 2.29. The van der Waals surface area contributed by atoms with Crippen molar-refractivity contribution < 1.29 is 19.1 Å². The van der Waals surface area contributed by atoms with Crippen LogP contribution in [0.3, 0.4) is 0 Å². The molecule has 6 nitrogen and oxygen atoms in total. The molecule has 0 aliphatic carbocycles. The Morgan fingerprint density at radius 2 is 1.81 bits per heavy atom. The number of benzene rings is 1. The highest BCUT2D eigenvalue weighted by molar-refractivity contribution is 5.87. The molecule has 0 fully saturated rings. The lowest BCUT2D eigenvalue weighted by Gasteiger charge is -2.26. The predicted molar refractivity (Wildman–Crippen MR) is 104 cm³/mol. The summed E-state index contributed by atoms with van der Waals surface area (Å²) in [5.41, 5.74) is 2.85. The lowest BCUT2D eigenvalue weighted by atomic mass is 10.1. The van der Waals surface area contributed by atoms with Crippen LogP contribution in [0.5, 0.6) is 0 Å². The second-order valence-corrected chi connectivity index (χ2v) is 7.80. The average molecular weight is 372 g/mol. The van der Waals surface area contributed by atoms with Crippen molar-refractivity contribution in [1.82, 2.24) is 9.47 Å². The monoisotopic (exact) mass is 372 g/mol. The predicted octanol–water partition coefficient (Wildman–Crippen LogP) is 3.54. The van der Waals surface area contributed by atoms with Crippen LogP contribution in [0.15, 0.2) is 24.3 Å². The number of aromatic nitrogens is 1. The van der Waals surface area contributed by atoms with Crippen LogP contribution in [0.25, 0.3) is 10.9 Å². The fraction of sp³-hybridized carbons (Fsp3) is 0.524. The third kappa shape index (κ3) is 4.26. The molecule has 27 heavy (non-hydrogen) atoms. The quantitative estimate of drug-likeness (QED) is 0.773. The van der Waals surface area contributed by atoms with Gasteiger partial charge in [0.2, 0.25) is 0 Å². The van der Waals surface area contributed by atoms with E-state index in [4.69, 9.17) is 9.47 Å². The molecule has 0 saturated carbocycles. The number of amides is 1. The summed E-state index contributed by atoms with van der Waals surface area (Å²) in [5, 5.41) is 1.14. The number of fused-ring (bicyclic) bond motifs is 3. The van der Waals surface area contributed by atoms with Gasteiger partial charge in [-0.05, 0) is 45.7 Å². The van der Waals surface area contributed by atoms with E-state index in [1.54, 1.807) is 4.90 Å². The topological polar surface area (TPSA) is 60.8 Å². The zero-order chi connectivity index (χ0) is 19.6. The molecule has 1 aromatic carbocycles. The minimum absolute atomic E-state index is 0.191. The van der Waals surface area contributed by atoms with E-state index in [1.807, 2.05) is 50.5 Å². The number of nitrogens with zero attached hydrogens (tertiary/aromatic N) is 2. The lowest BCUT2D eigenvalue weighted by Crippen LogP contribution is -2.38. The summed E-state index contributed by atoms with van der Waals surface area (Å²) < 4.78 is 12.7. The summed E-state index contributed by atoms with van der Waals surface area (Å²) in [5.74, 6) is -0.241. The van der Waals surface area contributed by atoms with E-state index in [-0.39, 0.29) is 18.6 Å². The van der Waals surface area contributed by atoms with E-state index < -0.39 is 5.60 Å². The van der Waals surface area contributed by atoms with Crippen LogP contribution in [0.4, 0.5) is 4.79 Å². The van der Waals surface area contributed by atoms with E-state index in [1.165, 1.54) is 5.56 Å². The van der Waals surface area contributed by atoms with Crippen molar-refractivity contribution in [2.45, 2.75) is 52.7 Å². The number of rotatable bonds is 3. The van der Waals surface area contributed by atoms with Gasteiger partial charge >= 0.3 is 12.1 Å². The van der Waals surface area contributed by atoms with Crippen molar-refractivity contribution in [3.8, 4) is 0 Å². The van der Waals surface area contributed by atoms with Crippen molar-refractivity contribution in [3.63, 3.8) is 0 Å². The minimum Gasteiger partial charge on any atom is -0.465 e.